The third kappa shape index (κ3) is 3.69. The minimum atomic E-state index is -1.03. The van der Waals surface area contributed by atoms with Gasteiger partial charge in [0.25, 0.3) is 0 Å². The Morgan fingerprint density at radius 3 is 2.52 bits per heavy atom. The summed E-state index contributed by atoms with van der Waals surface area (Å²) in [6.07, 6.45) is 1.80. The van der Waals surface area contributed by atoms with Crippen molar-refractivity contribution in [1.82, 2.24) is 10.3 Å². The van der Waals surface area contributed by atoms with Crippen LogP contribution in [0.5, 0.6) is 0 Å². The number of aliphatic carboxylic acids is 1. The molecule has 0 saturated heterocycles. The number of aromatic nitrogens is 1. The highest BCUT2D eigenvalue weighted by Crippen LogP contribution is 2.34. The average molecular weight is 334 g/mol. The predicted octanol–water partition coefficient (Wildman–Crippen LogP) is 3.23. The summed E-state index contributed by atoms with van der Waals surface area (Å²) in [7, 11) is 0. The molecule has 0 aliphatic heterocycles. The van der Waals surface area contributed by atoms with Crippen LogP contribution in [0.4, 0.5) is 0 Å². The van der Waals surface area contributed by atoms with Crippen LogP contribution >= 0.6 is 11.3 Å². The van der Waals surface area contributed by atoms with E-state index < -0.39 is 17.4 Å². The van der Waals surface area contributed by atoms with E-state index in [-0.39, 0.29) is 5.91 Å². The number of hydrogen-bond donors (Lipinski definition) is 2. The summed E-state index contributed by atoms with van der Waals surface area (Å²) < 4.78 is 1.10. The smallest absolute Gasteiger partial charge is 0.325 e. The molecule has 1 heterocycles. The molecule has 0 aliphatic rings. The van der Waals surface area contributed by atoms with Crippen LogP contribution in [0.2, 0.25) is 0 Å². The summed E-state index contributed by atoms with van der Waals surface area (Å²) in [4.78, 5) is 28.3. The highest BCUT2D eigenvalue weighted by molar-refractivity contribution is 7.18. The number of para-hydroxylation sites is 1. The third-order valence-corrected chi connectivity index (χ3v) is 5.42. The number of rotatable bonds is 7. The van der Waals surface area contributed by atoms with E-state index >= 15 is 0 Å². The van der Waals surface area contributed by atoms with Gasteiger partial charge in [0, 0.05) is 6.42 Å². The molecule has 2 aromatic rings. The first-order valence-corrected chi connectivity index (χ1v) is 8.61. The lowest BCUT2D eigenvalue weighted by Gasteiger charge is -2.30. The maximum absolute atomic E-state index is 12.7. The van der Waals surface area contributed by atoms with Gasteiger partial charge in [0.15, 0.2) is 0 Å². The summed E-state index contributed by atoms with van der Waals surface area (Å²) >= 11 is 1.59. The van der Waals surface area contributed by atoms with Gasteiger partial charge in [-0.05, 0) is 31.9 Å². The van der Waals surface area contributed by atoms with Gasteiger partial charge in [-0.15, -0.1) is 11.3 Å². The van der Waals surface area contributed by atoms with Gasteiger partial charge in [-0.3, -0.25) is 9.59 Å². The van der Waals surface area contributed by atoms with Crippen LogP contribution < -0.4 is 5.32 Å². The molecule has 124 valence electrons. The molecule has 5 nitrogen and oxygen atoms in total. The number of thiazole rings is 1. The summed E-state index contributed by atoms with van der Waals surface area (Å²) in [5, 5.41) is 12.5. The summed E-state index contributed by atoms with van der Waals surface area (Å²) in [5.41, 5.74) is 0.310. The van der Waals surface area contributed by atoms with Crippen molar-refractivity contribution in [2.45, 2.75) is 46.1 Å². The molecule has 0 spiro atoms. The van der Waals surface area contributed by atoms with Gasteiger partial charge in [-0.2, -0.15) is 0 Å². The molecule has 1 amide bonds. The molecular weight excluding hydrogens is 312 g/mol. The van der Waals surface area contributed by atoms with Crippen LogP contribution in [0.1, 0.15) is 38.6 Å². The van der Waals surface area contributed by atoms with E-state index in [9.17, 15) is 9.59 Å². The highest BCUT2D eigenvalue weighted by atomic mass is 32.1. The summed E-state index contributed by atoms with van der Waals surface area (Å²) in [6, 6.07) is 7.00. The predicted molar refractivity (Wildman–Crippen MR) is 91.6 cm³/mol. The number of carboxylic acid groups (broad SMARTS) is 1. The van der Waals surface area contributed by atoms with E-state index in [1.54, 1.807) is 11.3 Å². The number of nitrogens with one attached hydrogen (secondary N) is 1. The minimum absolute atomic E-state index is 0.211. The number of benzene rings is 1. The molecule has 2 rings (SSSR count). The molecule has 1 aromatic heterocycles. The van der Waals surface area contributed by atoms with Crippen molar-refractivity contribution in [3.8, 4) is 0 Å². The van der Waals surface area contributed by atoms with Crippen molar-refractivity contribution in [3.63, 3.8) is 0 Å². The first-order chi connectivity index (χ1) is 10.9. The second-order valence-corrected chi connectivity index (χ2v) is 6.89. The Balaban J connectivity index is 2.25. The van der Waals surface area contributed by atoms with Gasteiger partial charge in [0.05, 0.1) is 20.6 Å². The Bertz CT molecular complexity index is 674. The molecule has 1 atom stereocenters. The van der Waals surface area contributed by atoms with Gasteiger partial charge < -0.3 is 10.4 Å². The lowest BCUT2D eigenvalue weighted by molar-refractivity contribution is -0.143. The molecule has 0 unspecified atom stereocenters. The molecule has 0 bridgehead atoms. The van der Waals surface area contributed by atoms with Gasteiger partial charge in [-0.1, -0.05) is 26.0 Å². The highest BCUT2D eigenvalue weighted by Gasteiger charge is 2.37. The first kappa shape index (κ1) is 17.4. The maximum atomic E-state index is 12.7. The quantitative estimate of drug-likeness (QED) is 0.815. The zero-order valence-electron chi connectivity index (χ0n) is 13.6. The molecule has 0 aliphatic carbocycles. The molecule has 1 aromatic carbocycles. The van der Waals surface area contributed by atoms with E-state index in [1.807, 2.05) is 38.1 Å². The average Bonchev–Trinajstić information content (AvgIpc) is 2.94. The Morgan fingerprint density at radius 1 is 1.30 bits per heavy atom. The molecule has 0 radical (unpaired) electrons. The molecule has 0 fully saturated rings. The molecule has 23 heavy (non-hydrogen) atoms. The first-order valence-electron chi connectivity index (χ1n) is 7.80. The van der Waals surface area contributed by atoms with Gasteiger partial charge in [0.2, 0.25) is 5.91 Å². The number of fused-ring (bicyclic) bond motifs is 1. The summed E-state index contributed by atoms with van der Waals surface area (Å²) in [5.74, 6) is -1.24. The van der Waals surface area contributed by atoms with Crippen molar-refractivity contribution < 1.29 is 14.7 Å². The van der Waals surface area contributed by atoms with Crippen molar-refractivity contribution >= 4 is 33.4 Å². The standard InChI is InChI=1S/C17H22N2O3S/c1-4-17(5-2,16(22)18-11(3)15(20)21)10-14-19-12-8-6-7-9-13(12)23-14/h6-9,11H,4-5,10H2,1-3H3,(H,18,22)(H,20,21)/t11-/m1/s1. The third-order valence-electron chi connectivity index (χ3n) is 4.38. The number of carbonyl (C=O) groups excluding carboxylic acids is 1. The Morgan fingerprint density at radius 2 is 1.96 bits per heavy atom. The number of amides is 1. The maximum Gasteiger partial charge on any atom is 0.325 e. The van der Waals surface area contributed by atoms with Crippen molar-refractivity contribution in [1.29, 1.82) is 0 Å². The largest absolute Gasteiger partial charge is 0.480 e. The molecule has 6 heteroatoms. The Hall–Kier alpha value is -1.95. The van der Waals surface area contributed by atoms with Crippen LogP contribution in [0.3, 0.4) is 0 Å². The van der Waals surface area contributed by atoms with E-state index in [0.29, 0.717) is 19.3 Å². The van der Waals surface area contributed by atoms with Gasteiger partial charge in [-0.25, -0.2) is 4.98 Å². The van der Waals surface area contributed by atoms with E-state index in [1.165, 1.54) is 6.92 Å². The van der Waals surface area contributed by atoms with Crippen LogP contribution in [0.25, 0.3) is 10.2 Å². The summed E-state index contributed by atoms with van der Waals surface area (Å²) in [6.45, 7) is 5.40. The molecule has 0 saturated carbocycles. The fourth-order valence-electron chi connectivity index (χ4n) is 2.60. The van der Waals surface area contributed by atoms with Crippen LogP contribution in [-0.2, 0) is 16.0 Å². The number of carbonyl (C=O) groups is 2. The van der Waals surface area contributed by atoms with Crippen LogP contribution in [-0.4, -0.2) is 28.0 Å². The lowest BCUT2D eigenvalue weighted by Crippen LogP contribution is -2.48. The minimum Gasteiger partial charge on any atom is -0.480 e. The number of hydrogen-bond acceptors (Lipinski definition) is 4. The van der Waals surface area contributed by atoms with E-state index in [0.717, 1.165) is 15.2 Å². The monoisotopic (exact) mass is 334 g/mol. The van der Waals surface area contributed by atoms with Crippen molar-refractivity contribution in [2.24, 2.45) is 5.41 Å². The van der Waals surface area contributed by atoms with Crippen molar-refractivity contribution in [3.05, 3.63) is 29.3 Å². The van der Waals surface area contributed by atoms with E-state index in [4.69, 9.17) is 5.11 Å². The van der Waals surface area contributed by atoms with Gasteiger partial charge >= 0.3 is 5.97 Å². The molecular formula is C17H22N2O3S. The topological polar surface area (TPSA) is 79.3 Å². The fraction of sp³-hybridized carbons (Fsp3) is 0.471. The van der Waals surface area contributed by atoms with Gasteiger partial charge in [0.1, 0.15) is 6.04 Å². The van der Waals surface area contributed by atoms with Crippen molar-refractivity contribution in [2.75, 3.05) is 0 Å². The Labute approximate surface area is 139 Å². The molecule has 2 N–H and O–H groups in total. The second kappa shape index (κ2) is 7.08. The van der Waals surface area contributed by atoms with Crippen LogP contribution in [0.15, 0.2) is 24.3 Å². The lowest BCUT2D eigenvalue weighted by atomic mass is 9.78. The second-order valence-electron chi connectivity index (χ2n) is 5.77. The number of carboxylic acids is 1. The zero-order valence-corrected chi connectivity index (χ0v) is 14.4. The number of nitrogens with zero attached hydrogens (tertiary/aromatic N) is 1. The fourth-order valence-corrected chi connectivity index (χ4v) is 3.71. The Kier molecular flexibility index (Phi) is 5.36. The SMILES string of the molecule is CCC(CC)(Cc1nc2ccccc2s1)C(=O)N[C@H](C)C(=O)O. The normalized spacial score (nSPS) is 13.0. The zero-order chi connectivity index (χ0) is 17.0. The van der Waals surface area contributed by atoms with E-state index in [2.05, 4.69) is 10.3 Å². The van der Waals surface area contributed by atoms with Crippen LogP contribution in [0, 0.1) is 5.41 Å².